The molecule has 16 heavy (non-hydrogen) atoms. The van der Waals surface area contributed by atoms with Crippen molar-refractivity contribution in [2.24, 2.45) is 0 Å². The van der Waals surface area contributed by atoms with Gasteiger partial charge in [-0.25, -0.2) is 4.79 Å². The second-order valence-electron chi connectivity index (χ2n) is 2.88. The summed E-state index contributed by atoms with van der Waals surface area (Å²) in [7, 11) is 0. The minimum atomic E-state index is -0.406. The number of nitriles is 1. The summed E-state index contributed by atoms with van der Waals surface area (Å²) in [5.41, 5.74) is 0.589. The summed E-state index contributed by atoms with van der Waals surface area (Å²) in [6, 6.07) is 8.96. The van der Waals surface area contributed by atoms with E-state index in [-0.39, 0.29) is 0 Å². The highest BCUT2D eigenvalue weighted by Crippen LogP contribution is 2.26. The van der Waals surface area contributed by atoms with Gasteiger partial charge in [-0.15, -0.1) is 0 Å². The predicted molar refractivity (Wildman–Crippen MR) is 62.8 cm³/mol. The van der Waals surface area contributed by atoms with Crippen LogP contribution in [0.2, 0.25) is 0 Å². The molecular formula is C12H11NO2S. The van der Waals surface area contributed by atoms with Crippen molar-refractivity contribution in [3.8, 4) is 6.07 Å². The monoisotopic (exact) mass is 233 g/mol. The first-order chi connectivity index (χ1) is 7.67. The molecule has 0 aromatic heterocycles. The first kappa shape index (κ1) is 12.3. The normalized spacial score (nSPS) is 9.25. The molecule has 0 unspecified atom stereocenters. The highest BCUT2D eigenvalue weighted by Gasteiger charge is 2.09. The summed E-state index contributed by atoms with van der Waals surface area (Å²) in [5, 5.41) is 8.62. The lowest BCUT2D eigenvalue weighted by Crippen LogP contribution is -2.03. The number of nitrogens with zero attached hydrogens (tertiary/aromatic N) is 1. The first-order valence-electron chi connectivity index (χ1n) is 4.71. The van der Waals surface area contributed by atoms with Gasteiger partial charge in [0.15, 0.2) is 0 Å². The molecule has 82 valence electrons. The number of carbonyl (C=O) groups is 1. The molecule has 0 saturated heterocycles. The number of rotatable bonds is 4. The number of ether oxygens (including phenoxy) is 1. The Morgan fingerprint density at radius 3 is 2.62 bits per heavy atom. The van der Waals surface area contributed by atoms with Gasteiger partial charge in [0.05, 0.1) is 23.1 Å². The van der Waals surface area contributed by atoms with Gasteiger partial charge in [0.2, 0.25) is 0 Å². The Labute approximate surface area is 98.7 Å². The van der Waals surface area contributed by atoms with Gasteiger partial charge in [-0.1, -0.05) is 18.3 Å². The van der Waals surface area contributed by atoms with Crippen LogP contribution in [0.25, 0.3) is 0 Å². The third-order valence-corrected chi connectivity index (χ3v) is 2.65. The largest absolute Gasteiger partial charge is 0.462 e. The van der Waals surface area contributed by atoms with Gasteiger partial charge >= 0.3 is 5.97 Å². The van der Waals surface area contributed by atoms with Crippen LogP contribution in [0.4, 0.5) is 0 Å². The van der Waals surface area contributed by atoms with E-state index >= 15 is 0 Å². The molecule has 0 bridgehead atoms. The number of esters is 1. The van der Waals surface area contributed by atoms with E-state index in [1.165, 1.54) is 11.8 Å². The van der Waals surface area contributed by atoms with Crippen molar-refractivity contribution >= 4 is 17.7 Å². The quantitative estimate of drug-likeness (QED) is 0.456. The number of carbonyl (C=O) groups excluding carboxylic acids is 1. The van der Waals surface area contributed by atoms with Crippen LogP contribution in [-0.4, -0.2) is 12.6 Å². The molecule has 4 heteroatoms. The zero-order valence-electron chi connectivity index (χ0n) is 8.90. The fourth-order valence-electron chi connectivity index (χ4n) is 0.993. The minimum Gasteiger partial charge on any atom is -0.462 e. The lowest BCUT2D eigenvalue weighted by atomic mass is 10.2. The zero-order chi connectivity index (χ0) is 12.0. The lowest BCUT2D eigenvalue weighted by molar-refractivity contribution is -0.137. The van der Waals surface area contributed by atoms with Crippen molar-refractivity contribution < 1.29 is 9.53 Å². The molecule has 0 heterocycles. The third kappa shape index (κ3) is 3.44. The Morgan fingerprint density at radius 1 is 1.50 bits per heavy atom. The van der Waals surface area contributed by atoms with Crippen LogP contribution in [-0.2, 0) is 9.53 Å². The molecule has 0 aliphatic heterocycles. The Hall–Kier alpha value is -1.73. The van der Waals surface area contributed by atoms with Gasteiger partial charge in [0, 0.05) is 4.90 Å². The van der Waals surface area contributed by atoms with Gasteiger partial charge in [-0.05, 0) is 31.2 Å². The average Bonchev–Trinajstić information content (AvgIpc) is 2.30. The molecule has 0 aliphatic rings. The number of thioether (sulfide) groups is 1. The molecule has 1 aromatic rings. The first-order valence-corrected chi connectivity index (χ1v) is 5.53. The molecule has 1 rings (SSSR count). The molecule has 3 nitrogen and oxygen atoms in total. The van der Waals surface area contributed by atoms with Gasteiger partial charge in [0.25, 0.3) is 0 Å². The highest BCUT2D eigenvalue weighted by atomic mass is 32.2. The molecule has 0 aliphatic carbocycles. The highest BCUT2D eigenvalue weighted by molar-refractivity contribution is 8.04. The van der Waals surface area contributed by atoms with E-state index in [0.29, 0.717) is 17.1 Å². The fraction of sp³-hybridized carbons (Fsp3) is 0.167. The maximum absolute atomic E-state index is 11.3. The topological polar surface area (TPSA) is 50.1 Å². The van der Waals surface area contributed by atoms with E-state index in [0.717, 1.165) is 4.90 Å². The van der Waals surface area contributed by atoms with Gasteiger partial charge < -0.3 is 4.74 Å². The Bertz CT molecular complexity index is 431. The average molecular weight is 233 g/mol. The van der Waals surface area contributed by atoms with E-state index in [9.17, 15) is 4.79 Å². The summed E-state index contributed by atoms with van der Waals surface area (Å²) in [6.07, 6.45) is 0. The fourth-order valence-corrected chi connectivity index (χ4v) is 1.69. The van der Waals surface area contributed by atoms with E-state index < -0.39 is 5.97 Å². The minimum absolute atomic E-state index is 0.339. The Balaban J connectivity index is 2.63. The van der Waals surface area contributed by atoms with Gasteiger partial charge in [0.1, 0.15) is 0 Å². The second kappa shape index (κ2) is 5.99. The Kier molecular flexibility index (Phi) is 4.62. The van der Waals surface area contributed by atoms with Crippen molar-refractivity contribution in [1.82, 2.24) is 0 Å². The molecular weight excluding hydrogens is 222 g/mol. The summed E-state index contributed by atoms with van der Waals surface area (Å²) in [5.74, 6) is -0.406. The molecule has 0 N–H and O–H groups in total. The molecule has 0 spiro atoms. The number of hydrogen-bond donors (Lipinski definition) is 0. The summed E-state index contributed by atoms with van der Waals surface area (Å²) >= 11 is 1.23. The van der Waals surface area contributed by atoms with Crippen LogP contribution in [0.5, 0.6) is 0 Å². The molecule has 1 aromatic carbocycles. The van der Waals surface area contributed by atoms with Crippen molar-refractivity contribution in [2.45, 2.75) is 11.8 Å². The van der Waals surface area contributed by atoms with Crippen LogP contribution in [0.15, 0.2) is 40.6 Å². The zero-order valence-corrected chi connectivity index (χ0v) is 9.71. The van der Waals surface area contributed by atoms with Crippen molar-refractivity contribution in [1.29, 1.82) is 5.26 Å². The van der Waals surface area contributed by atoms with Crippen molar-refractivity contribution in [3.05, 3.63) is 41.3 Å². The summed E-state index contributed by atoms with van der Waals surface area (Å²) < 4.78 is 4.81. The van der Waals surface area contributed by atoms with Crippen LogP contribution in [0.1, 0.15) is 12.5 Å². The standard InChI is InChI=1S/C12H11NO2S/c1-3-15-12(14)9(2)16-11-6-4-10(8-13)5-7-11/h4-7H,2-3H2,1H3. The molecule has 0 saturated carbocycles. The van der Waals surface area contributed by atoms with Crippen LogP contribution in [0.3, 0.4) is 0 Å². The smallest absolute Gasteiger partial charge is 0.344 e. The molecule has 0 atom stereocenters. The second-order valence-corrected chi connectivity index (χ2v) is 4.05. The van der Waals surface area contributed by atoms with Crippen LogP contribution in [0, 0.1) is 11.3 Å². The van der Waals surface area contributed by atoms with E-state index in [1.807, 2.05) is 6.07 Å². The molecule has 0 radical (unpaired) electrons. The number of hydrogen-bond acceptors (Lipinski definition) is 4. The predicted octanol–water partition coefficient (Wildman–Crippen LogP) is 2.73. The van der Waals surface area contributed by atoms with E-state index in [1.54, 1.807) is 31.2 Å². The maximum Gasteiger partial charge on any atom is 0.344 e. The third-order valence-electron chi connectivity index (χ3n) is 1.73. The van der Waals surface area contributed by atoms with Crippen LogP contribution < -0.4 is 0 Å². The van der Waals surface area contributed by atoms with Crippen molar-refractivity contribution in [2.75, 3.05) is 6.61 Å². The Morgan fingerprint density at radius 2 is 2.12 bits per heavy atom. The summed E-state index contributed by atoms with van der Waals surface area (Å²) in [4.78, 5) is 12.5. The van der Waals surface area contributed by atoms with Gasteiger partial charge in [-0.2, -0.15) is 5.26 Å². The van der Waals surface area contributed by atoms with Crippen LogP contribution >= 0.6 is 11.8 Å². The number of benzene rings is 1. The SMILES string of the molecule is C=C(Sc1ccc(C#N)cc1)C(=O)OCC. The van der Waals surface area contributed by atoms with E-state index in [4.69, 9.17) is 10.00 Å². The molecule has 0 fully saturated rings. The van der Waals surface area contributed by atoms with Gasteiger partial charge in [-0.3, -0.25) is 0 Å². The molecule has 0 amide bonds. The lowest BCUT2D eigenvalue weighted by Gasteiger charge is -2.04. The van der Waals surface area contributed by atoms with Crippen molar-refractivity contribution in [3.63, 3.8) is 0 Å². The summed E-state index contributed by atoms with van der Waals surface area (Å²) in [6.45, 7) is 5.72. The van der Waals surface area contributed by atoms with E-state index in [2.05, 4.69) is 6.58 Å². The maximum atomic E-state index is 11.3.